The lowest BCUT2D eigenvalue weighted by Gasteiger charge is -2.35. The van der Waals surface area contributed by atoms with Crippen LogP contribution in [0.4, 0.5) is 17.6 Å². The highest BCUT2D eigenvalue weighted by atomic mass is 32.3. The van der Waals surface area contributed by atoms with Crippen molar-refractivity contribution in [1.29, 1.82) is 0 Å². The molecule has 1 saturated carbocycles. The van der Waals surface area contributed by atoms with E-state index in [2.05, 4.69) is 4.74 Å². The van der Waals surface area contributed by atoms with E-state index in [0.717, 1.165) is 18.2 Å². The summed E-state index contributed by atoms with van der Waals surface area (Å²) < 4.78 is 86.0. The molecule has 5 N–H and O–H groups in total. The van der Waals surface area contributed by atoms with E-state index in [-0.39, 0.29) is 12.8 Å². The summed E-state index contributed by atoms with van der Waals surface area (Å²) in [7, 11) is -4.67. The van der Waals surface area contributed by atoms with Gasteiger partial charge in [0.2, 0.25) is 0 Å². The molecule has 2 rings (SSSR count). The Labute approximate surface area is 145 Å². The smallest absolute Gasteiger partial charge is 0.403 e. The Hall–Kier alpha value is -1.80. The number of alkyl halides is 3. The summed E-state index contributed by atoms with van der Waals surface area (Å²) in [5.74, 6) is -3.21. The van der Waals surface area contributed by atoms with Crippen molar-refractivity contribution in [3.05, 3.63) is 29.6 Å². The second-order valence-corrected chi connectivity index (χ2v) is 6.25. The number of aliphatic hydroxyl groups excluding tert-OH is 1. The highest BCUT2D eigenvalue weighted by molar-refractivity contribution is 7.79. The van der Waals surface area contributed by atoms with Crippen molar-refractivity contribution >= 4 is 16.2 Å². The fraction of sp³-hybridized carbons (Fsp3) is 0.462. The highest BCUT2D eigenvalue weighted by Crippen LogP contribution is 2.37. The number of nitrogens with two attached hydrogens (primary N) is 1. The van der Waals surface area contributed by atoms with Crippen LogP contribution in [-0.2, 0) is 20.7 Å². The summed E-state index contributed by atoms with van der Waals surface area (Å²) in [6, 6.07) is 3.02. The van der Waals surface area contributed by atoms with Crippen molar-refractivity contribution in [3.8, 4) is 5.75 Å². The Morgan fingerprint density at radius 2 is 1.81 bits per heavy atom. The van der Waals surface area contributed by atoms with E-state index in [0.29, 0.717) is 6.42 Å². The minimum atomic E-state index is -5.06. The summed E-state index contributed by atoms with van der Waals surface area (Å²) in [6.45, 7) is 0. The zero-order valence-corrected chi connectivity index (χ0v) is 13.7. The van der Waals surface area contributed by atoms with Crippen LogP contribution in [0.5, 0.6) is 5.75 Å². The molecule has 0 aliphatic heterocycles. The zero-order valence-electron chi connectivity index (χ0n) is 12.9. The topological polar surface area (TPSA) is 147 Å². The quantitative estimate of drug-likeness (QED) is 0.426. The van der Waals surface area contributed by atoms with Gasteiger partial charge in [-0.2, -0.15) is 8.42 Å². The third-order valence-electron chi connectivity index (χ3n) is 3.46. The maximum absolute atomic E-state index is 14.2. The molecule has 0 bridgehead atoms. The first-order valence-electron chi connectivity index (χ1n) is 6.91. The number of hydrogen-bond acceptors (Lipinski definition) is 6. The molecular weight excluding hydrogens is 390 g/mol. The van der Waals surface area contributed by atoms with E-state index < -0.39 is 51.3 Å². The molecule has 0 saturated heterocycles. The van der Waals surface area contributed by atoms with Gasteiger partial charge in [-0.15, -0.1) is 13.2 Å². The van der Waals surface area contributed by atoms with Gasteiger partial charge in [-0.25, -0.2) is 4.39 Å². The van der Waals surface area contributed by atoms with Gasteiger partial charge < -0.3 is 15.6 Å². The molecule has 0 radical (unpaired) electrons. The molecule has 1 aromatic rings. The summed E-state index contributed by atoms with van der Waals surface area (Å²) in [6.07, 6.45) is -5.83. The molecule has 13 heteroatoms. The molecule has 26 heavy (non-hydrogen) atoms. The van der Waals surface area contributed by atoms with Crippen LogP contribution >= 0.6 is 0 Å². The number of carbonyl (C=O) groups excluding carboxylic acids is 1. The number of ketones is 1. The van der Waals surface area contributed by atoms with Crippen molar-refractivity contribution in [1.82, 2.24) is 0 Å². The van der Waals surface area contributed by atoms with Crippen LogP contribution in [0, 0.1) is 5.82 Å². The van der Waals surface area contributed by atoms with Gasteiger partial charge in [-0.1, -0.05) is 12.1 Å². The molecule has 148 valence electrons. The monoisotopic (exact) mass is 405 g/mol. The van der Waals surface area contributed by atoms with E-state index in [1.165, 1.54) is 0 Å². The summed E-state index contributed by atoms with van der Waals surface area (Å²) in [5.41, 5.74) is 3.60. The first-order valence-corrected chi connectivity index (χ1v) is 8.31. The standard InChI is InChI=1S/C13H13F4NO3.H2O4S/c14-10-7(3-1-5-9(10)21-13(15,16)17)12(18)6-2-4-8(19)11(12)20;1-5(2,3)4/h1,3,5,8,19H,2,4,6,18H2;(H2,1,2,3,4). The third-order valence-corrected chi connectivity index (χ3v) is 3.46. The van der Waals surface area contributed by atoms with Gasteiger partial charge in [0.1, 0.15) is 11.6 Å². The predicted octanol–water partition coefficient (Wildman–Crippen LogP) is 1.34. The minimum absolute atomic E-state index is 0.0370. The second kappa shape index (κ2) is 7.84. The number of halogens is 4. The predicted molar refractivity (Wildman–Crippen MR) is 78.0 cm³/mol. The van der Waals surface area contributed by atoms with Gasteiger partial charge >= 0.3 is 16.8 Å². The molecule has 1 aliphatic carbocycles. The first-order chi connectivity index (χ1) is 11.6. The van der Waals surface area contributed by atoms with Gasteiger partial charge in [0.25, 0.3) is 0 Å². The fourth-order valence-electron chi connectivity index (χ4n) is 2.45. The van der Waals surface area contributed by atoms with Crippen LogP contribution in [0.3, 0.4) is 0 Å². The van der Waals surface area contributed by atoms with E-state index in [1.54, 1.807) is 0 Å². The minimum Gasteiger partial charge on any atom is -0.403 e. The Balaban J connectivity index is 0.000000597. The lowest BCUT2D eigenvalue weighted by Crippen LogP contribution is -2.53. The largest absolute Gasteiger partial charge is 0.573 e. The van der Waals surface area contributed by atoms with Gasteiger partial charge in [-0.05, 0) is 25.3 Å². The number of Topliss-reactive ketones (excluding diaryl/α,β-unsaturated/α-hetero) is 1. The number of ether oxygens (including phenoxy) is 1. The zero-order chi connectivity index (χ0) is 20.3. The molecule has 0 amide bonds. The highest BCUT2D eigenvalue weighted by Gasteiger charge is 2.45. The van der Waals surface area contributed by atoms with Crippen molar-refractivity contribution < 1.29 is 49.7 Å². The number of carbonyl (C=O) groups is 1. The molecule has 2 unspecified atom stereocenters. The van der Waals surface area contributed by atoms with Gasteiger partial charge in [0, 0.05) is 5.56 Å². The van der Waals surface area contributed by atoms with Crippen LogP contribution in [-0.4, -0.2) is 40.9 Å². The van der Waals surface area contributed by atoms with E-state index in [9.17, 15) is 27.5 Å². The Kier molecular flexibility index (Phi) is 6.70. The van der Waals surface area contributed by atoms with Crippen LogP contribution < -0.4 is 10.5 Å². The number of rotatable bonds is 2. The van der Waals surface area contributed by atoms with Crippen molar-refractivity contribution in [3.63, 3.8) is 0 Å². The van der Waals surface area contributed by atoms with Gasteiger partial charge in [-0.3, -0.25) is 13.9 Å². The number of hydrogen-bond donors (Lipinski definition) is 4. The maximum atomic E-state index is 14.2. The van der Waals surface area contributed by atoms with Crippen LogP contribution in [0.1, 0.15) is 24.8 Å². The average molecular weight is 405 g/mol. The molecule has 1 aromatic carbocycles. The Morgan fingerprint density at radius 3 is 2.31 bits per heavy atom. The van der Waals surface area contributed by atoms with Crippen molar-refractivity contribution in [2.45, 2.75) is 37.3 Å². The van der Waals surface area contributed by atoms with E-state index in [4.69, 9.17) is 23.3 Å². The summed E-state index contributed by atoms with van der Waals surface area (Å²) in [5, 5.41) is 9.56. The number of aliphatic hydroxyl groups is 1. The van der Waals surface area contributed by atoms with Crippen molar-refractivity contribution in [2.24, 2.45) is 5.73 Å². The molecule has 0 spiro atoms. The third kappa shape index (κ3) is 6.17. The Bertz CT molecular complexity index is 760. The molecule has 1 aliphatic rings. The summed E-state index contributed by atoms with van der Waals surface area (Å²) >= 11 is 0. The molecule has 0 heterocycles. The van der Waals surface area contributed by atoms with Crippen LogP contribution in [0.25, 0.3) is 0 Å². The van der Waals surface area contributed by atoms with E-state index >= 15 is 0 Å². The Morgan fingerprint density at radius 1 is 1.27 bits per heavy atom. The van der Waals surface area contributed by atoms with Crippen LogP contribution in [0.15, 0.2) is 18.2 Å². The lowest BCUT2D eigenvalue weighted by atomic mass is 9.75. The van der Waals surface area contributed by atoms with Gasteiger partial charge in [0.15, 0.2) is 17.3 Å². The van der Waals surface area contributed by atoms with Gasteiger partial charge in [0.05, 0.1) is 0 Å². The molecule has 1 fully saturated rings. The SMILES string of the molecule is NC1(c2cccc(OC(F)(F)F)c2F)CCCC(O)C1=O.O=S(=O)(O)O. The lowest BCUT2D eigenvalue weighted by molar-refractivity contribution is -0.275. The molecular formula is C13H15F4NO7S. The second-order valence-electron chi connectivity index (χ2n) is 5.36. The first kappa shape index (κ1) is 22.2. The van der Waals surface area contributed by atoms with Crippen LogP contribution in [0.2, 0.25) is 0 Å². The molecule has 0 aromatic heterocycles. The maximum Gasteiger partial charge on any atom is 0.573 e. The molecule has 8 nitrogen and oxygen atoms in total. The summed E-state index contributed by atoms with van der Waals surface area (Å²) in [4.78, 5) is 12.0. The van der Waals surface area contributed by atoms with Crippen molar-refractivity contribution in [2.75, 3.05) is 0 Å². The van der Waals surface area contributed by atoms with E-state index in [1.807, 2.05) is 0 Å². The molecule has 2 atom stereocenters. The fourth-order valence-corrected chi connectivity index (χ4v) is 2.45. The number of benzene rings is 1. The normalized spacial score (nSPS) is 23.8. The average Bonchev–Trinajstić information content (AvgIpc) is 2.44.